The summed E-state index contributed by atoms with van der Waals surface area (Å²) < 4.78 is 0. The van der Waals surface area contributed by atoms with Crippen LogP contribution in [0.5, 0.6) is 0 Å². The Morgan fingerprint density at radius 1 is 1.36 bits per heavy atom. The van der Waals surface area contributed by atoms with Crippen LogP contribution in [0, 0.1) is 0 Å². The molecule has 0 bridgehead atoms. The summed E-state index contributed by atoms with van der Waals surface area (Å²) in [5.74, 6) is 1.62. The quantitative estimate of drug-likeness (QED) is 0.605. The van der Waals surface area contributed by atoms with Crippen LogP contribution in [0.15, 0.2) is 24.5 Å². The molecule has 1 aromatic rings. The topological polar surface area (TPSA) is 44.9 Å². The van der Waals surface area contributed by atoms with E-state index in [9.17, 15) is 4.79 Å². The molecule has 0 aliphatic carbocycles. The number of carbonyl (C=O) groups excluding carboxylic acids is 1. The molecule has 0 saturated carbocycles. The van der Waals surface area contributed by atoms with Gasteiger partial charge in [0.2, 0.25) is 5.91 Å². The Balaban J connectivity index is 0.000000112. The minimum atomic E-state index is 0.167. The number of rotatable bonds is 0. The third-order valence-corrected chi connectivity index (χ3v) is 1.92. The minimum absolute atomic E-state index is 0.167. The Morgan fingerprint density at radius 3 is 2.27 bits per heavy atom. The van der Waals surface area contributed by atoms with Crippen LogP contribution in [-0.2, 0) is 4.79 Å². The summed E-state index contributed by atoms with van der Waals surface area (Å²) >= 11 is 1.62. The van der Waals surface area contributed by atoms with E-state index in [2.05, 4.69) is 10.3 Å². The Morgan fingerprint density at radius 2 is 2.09 bits per heavy atom. The SMILES string of the molecule is O=C1CSCN1.c1cc[nH]c1. The van der Waals surface area contributed by atoms with Crippen LogP contribution in [0.25, 0.3) is 0 Å². The average Bonchev–Trinajstić information content (AvgIpc) is 2.57. The van der Waals surface area contributed by atoms with Crippen molar-refractivity contribution in [2.75, 3.05) is 11.6 Å². The van der Waals surface area contributed by atoms with Gasteiger partial charge in [0.15, 0.2) is 0 Å². The number of hydrogen-bond donors (Lipinski definition) is 2. The summed E-state index contributed by atoms with van der Waals surface area (Å²) in [6.45, 7) is 0. The first-order valence-electron chi connectivity index (χ1n) is 3.32. The fourth-order valence-corrected chi connectivity index (χ4v) is 1.26. The van der Waals surface area contributed by atoms with Crippen molar-refractivity contribution in [3.05, 3.63) is 24.5 Å². The van der Waals surface area contributed by atoms with Gasteiger partial charge in [0, 0.05) is 12.4 Å². The summed E-state index contributed by atoms with van der Waals surface area (Å²) in [5, 5.41) is 2.64. The second-order valence-corrected chi connectivity index (χ2v) is 2.96. The van der Waals surface area contributed by atoms with Gasteiger partial charge in [-0.1, -0.05) is 0 Å². The lowest BCUT2D eigenvalue weighted by atomic mass is 10.7. The van der Waals surface area contributed by atoms with Gasteiger partial charge in [-0.3, -0.25) is 4.79 Å². The van der Waals surface area contributed by atoms with Gasteiger partial charge in [-0.25, -0.2) is 0 Å². The molecule has 2 heterocycles. The van der Waals surface area contributed by atoms with Crippen LogP contribution in [0.4, 0.5) is 0 Å². The normalized spacial score (nSPS) is 15.1. The zero-order valence-corrected chi connectivity index (χ0v) is 6.86. The van der Waals surface area contributed by atoms with E-state index >= 15 is 0 Å². The maximum atomic E-state index is 10.1. The number of amides is 1. The van der Waals surface area contributed by atoms with Crippen molar-refractivity contribution >= 4 is 17.7 Å². The van der Waals surface area contributed by atoms with E-state index in [0.717, 1.165) is 5.88 Å². The van der Waals surface area contributed by atoms with Gasteiger partial charge in [0.05, 0.1) is 11.6 Å². The first-order valence-corrected chi connectivity index (χ1v) is 4.47. The molecule has 4 heteroatoms. The summed E-state index contributed by atoms with van der Waals surface area (Å²) in [4.78, 5) is 13.0. The van der Waals surface area contributed by atoms with E-state index in [1.165, 1.54) is 0 Å². The van der Waals surface area contributed by atoms with Gasteiger partial charge in [0.25, 0.3) is 0 Å². The third kappa shape index (κ3) is 3.72. The van der Waals surface area contributed by atoms with Crippen LogP contribution >= 0.6 is 11.8 Å². The molecule has 1 saturated heterocycles. The molecule has 1 amide bonds. The van der Waals surface area contributed by atoms with Crippen molar-refractivity contribution < 1.29 is 4.79 Å². The van der Waals surface area contributed by atoms with Crippen LogP contribution in [0.1, 0.15) is 0 Å². The van der Waals surface area contributed by atoms with E-state index in [0.29, 0.717) is 5.75 Å². The maximum Gasteiger partial charge on any atom is 0.230 e. The minimum Gasteiger partial charge on any atom is -0.368 e. The van der Waals surface area contributed by atoms with Crippen LogP contribution in [-0.4, -0.2) is 22.5 Å². The zero-order chi connectivity index (χ0) is 7.94. The van der Waals surface area contributed by atoms with Crippen molar-refractivity contribution in [3.8, 4) is 0 Å². The third-order valence-electron chi connectivity index (χ3n) is 1.10. The lowest BCUT2D eigenvalue weighted by Crippen LogP contribution is -2.14. The molecule has 0 aromatic carbocycles. The fraction of sp³-hybridized carbons (Fsp3) is 0.286. The Kier molecular flexibility index (Phi) is 3.61. The number of carbonyl (C=O) groups is 1. The first kappa shape index (κ1) is 8.20. The van der Waals surface area contributed by atoms with Gasteiger partial charge in [0.1, 0.15) is 0 Å². The summed E-state index contributed by atoms with van der Waals surface area (Å²) in [5.41, 5.74) is 0. The zero-order valence-electron chi connectivity index (χ0n) is 6.04. The molecule has 0 spiro atoms. The molecular formula is C7H10N2OS. The summed E-state index contributed by atoms with van der Waals surface area (Å²) in [6.07, 6.45) is 3.75. The highest BCUT2D eigenvalue weighted by molar-refractivity contribution is 8.00. The number of aromatic amines is 1. The Bertz CT molecular complexity index is 173. The number of aromatic nitrogens is 1. The molecule has 1 aliphatic heterocycles. The first-order chi connectivity index (χ1) is 5.39. The van der Waals surface area contributed by atoms with Crippen LogP contribution < -0.4 is 5.32 Å². The molecular weight excluding hydrogens is 160 g/mol. The Labute approximate surface area is 69.6 Å². The predicted molar refractivity (Wildman–Crippen MR) is 46.3 cm³/mol. The molecule has 1 fully saturated rings. The van der Waals surface area contributed by atoms with E-state index in [4.69, 9.17) is 0 Å². The van der Waals surface area contributed by atoms with Gasteiger partial charge in [-0.15, -0.1) is 11.8 Å². The number of H-pyrrole nitrogens is 1. The van der Waals surface area contributed by atoms with Gasteiger partial charge in [-0.2, -0.15) is 0 Å². The molecule has 2 N–H and O–H groups in total. The van der Waals surface area contributed by atoms with Crippen molar-refractivity contribution in [1.82, 2.24) is 10.3 Å². The highest BCUT2D eigenvalue weighted by atomic mass is 32.2. The van der Waals surface area contributed by atoms with Crippen molar-refractivity contribution in [2.45, 2.75) is 0 Å². The van der Waals surface area contributed by atoms with E-state index in [1.807, 2.05) is 24.5 Å². The lowest BCUT2D eigenvalue weighted by molar-refractivity contribution is -0.117. The molecule has 0 radical (unpaired) electrons. The molecule has 2 rings (SSSR count). The number of hydrogen-bond acceptors (Lipinski definition) is 2. The summed E-state index contributed by atoms with van der Waals surface area (Å²) in [6, 6.07) is 3.89. The largest absolute Gasteiger partial charge is 0.368 e. The van der Waals surface area contributed by atoms with E-state index < -0.39 is 0 Å². The molecule has 60 valence electrons. The molecule has 1 aliphatic rings. The average molecular weight is 170 g/mol. The second kappa shape index (κ2) is 4.85. The second-order valence-electron chi connectivity index (χ2n) is 1.98. The van der Waals surface area contributed by atoms with Gasteiger partial charge < -0.3 is 10.3 Å². The molecule has 0 atom stereocenters. The van der Waals surface area contributed by atoms with Gasteiger partial charge in [-0.05, 0) is 12.1 Å². The lowest BCUT2D eigenvalue weighted by Gasteiger charge is -1.78. The summed E-state index contributed by atoms with van der Waals surface area (Å²) in [7, 11) is 0. The number of thioether (sulfide) groups is 1. The van der Waals surface area contributed by atoms with Crippen LogP contribution in [0.3, 0.4) is 0 Å². The van der Waals surface area contributed by atoms with Crippen molar-refractivity contribution in [3.63, 3.8) is 0 Å². The predicted octanol–water partition coefficient (Wildman–Crippen LogP) is 0.822. The maximum absolute atomic E-state index is 10.1. The number of nitrogens with one attached hydrogen (secondary N) is 2. The van der Waals surface area contributed by atoms with E-state index in [1.54, 1.807) is 11.8 Å². The van der Waals surface area contributed by atoms with Crippen LogP contribution in [0.2, 0.25) is 0 Å². The molecule has 0 unspecified atom stereocenters. The fourth-order valence-electron chi connectivity index (χ4n) is 0.604. The van der Waals surface area contributed by atoms with E-state index in [-0.39, 0.29) is 5.91 Å². The molecule has 1 aromatic heterocycles. The van der Waals surface area contributed by atoms with Gasteiger partial charge >= 0.3 is 0 Å². The molecule has 11 heavy (non-hydrogen) atoms. The van der Waals surface area contributed by atoms with Crippen molar-refractivity contribution in [2.24, 2.45) is 0 Å². The standard InChI is InChI=1S/C4H5N.C3H5NOS/c1-2-4-5-3-1;5-3-1-6-2-4-3/h1-5H;1-2H2,(H,4,5). The highest BCUT2D eigenvalue weighted by Gasteiger charge is 2.05. The smallest absolute Gasteiger partial charge is 0.230 e. The Hall–Kier alpha value is -0.900. The monoisotopic (exact) mass is 170 g/mol. The highest BCUT2D eigenvalue weighted by Crippen LogP contribution is 2.01. The molecule has 3 nitrogen and oxygen atoms in total. The van der Waals surface area contributed by atoms with Crippen molar-refractivity contribution in [1.29, 1.82) is 0 Å².